The maximum Gasteiger partial charge on any atom is 0.148 e. The second kappa shape index (κ2) is 4.86. The maximum absolute atomic E-state index is 10.6. The molecule has 1 aromatic heterocycles. The Bertz CT molecular complexity index is 339. The molecule has 0 aliphatic carbocycles. The summed E-state index contributed by atoms with van der Waals surface area (Å²) in [6, 6.07) is 3.87. The van der Waals surface area contributed by atoms with E-state index in [9.17, 15) is 4.79 Å². The third-order valence-corrected chi connectivity index (χ3v) is 3.00. The number of nitrogens with zero attached hydrogens (tertiary/aromatic N) is 1. The molecule has 15 heavy (non-hydrogen) atoms. The molecule has 1 fully saturated rings. The fourth-order valence-electron chi connectivity index (χ4n) is 1.75. The van der Waals surface area contributed by atoms with Crippen LogP contribution in [0.5, 0.6) is 0 Å². The molecule has 0 N–H and O–H groups in total. The number of rotatable bonds is 2. The zero-order valence-electron chi connectivity index (χ0n) is 8.23. The Morgan fingerprint density at radius 3 is 3.00 bits per heavy atom. The largest absolute Gasteiger partial charge is 0.361 e. The van der Waals surface area contributed by atoms with Crippen LogP contribution in [0.15, 0.2) is 22.8 Å². The first-order valence-electron chi connectivity index (χ1n) is 5.02. The summed E-state index contributed by atoms with van der Waals surface area (Å²) in [5.74, 6) is 0. The molecule has 2 rings (SSSR count). The Labute approximate surface area is 97.0 Å². The first-order valence-corrected chi connectivity index (χ1v) is 5.81. The Kier molecular flexibility index (Phi) is 3.49. The molecular formula is C11H12BrNO2. The number of hydrogen-bond acceptors (Lipinski definition) is 3. The Hall–Kier alpha value is -0.740. The average Bonchev–Trinajstić information content (AvgIpc) is 2.30. The van der Waals surface area contributed by atoms with Crippen molar-refractivity contribution in [2.45, 2.75) is 31.5 Å². The predicted octanol–water partition coefficient (Wildman–Crippen LogP) is 2.65. The summed E-state index contributed by atoms with van der Waals surface area (Å²) in [5.41, 5.74) is 0.907. The van der Waals surface area contributed by atoms with Gasteiger partial charge in [-0.2, -0.15) is 0 Å². The average molecular weight is 270 g/mol. The Morgan fingerprint density at radius 1 is 1.47 bits per heavy atom. The van der Waals surface area contributed by atoms with Crippen molar-refractivity contribution in [2.75, 3.05) is 0 Å². The molecule has 2 heterocycles. The highest BCUT2D eigenvalue weighted by Gasteiger charge is 2.23. The van der Waals surface area contributed by atoms with E-state index >= 15 is 0 Å². The van der Waals surface area contributed by atoms with E-state index in [1.54, 1.807) is 6.20 Å². The topological polar surface area (TPSA) is 39.2 Å². The molecule has 2 atom stereocenters. The Balaban J connectivity index is 2.09. The van der Waals surface area contributed by atoms with Gasteiger partial charge < -0.3 is 9.53 Å². The van der Waals surface area contributed by atoms with Crippen LogP contribution in [-0.2, 0) is 9.53 Å². The van der Waals surface area contributed by atoms with Gasteiger partial charge in [0.2, 0.25) is 0 Å². The Morgan fingerprint density at radius 2 is 2.33 bits per heavy atom. The second-order valence-electron chi connectivity index (χ2n) is 3.63. The van der Waals surface area contributed by atoms with Crippen molar-refractivity contribution in [3.05, 3.63) is 28.5 Å². The van der Waals surface area contributed by atoms with Crippen LogP contribution >= 0.6 is 15.9 Å². The minimum Gasteiger partial charge on any atom is -0.361 e. The molecule has 3 nitrogen and oxygen atoms in total. The van der Waals surface area contributed by atoms with Gasteiger partial charge in [-0.3, -0.25) is 4.98 Å². The number of aromatic nitrogens is 1. The summed E-state index contributed by atoms with van der Waals surface area (Å²) < 4.78 is 6.57. The van der Waals surface area contributed by atoms with Gasteiger partial charge in [-0.1, -0.05) is 0 Å². The first-order chi connectivity index (χ1) is 7.29. The maximum atomic E-state index is 10.6. The van der Waals surface area contributed by atoms with Crippen LogP contribution in [0.4, 0.5) is 0 Å². The first kappa shape index (κ1) is 10.8. The second-order valence-corrected chi connectivity index (χ2v) is 4.55. The minimum absolute atomic E-state index is 0.0259. The van der Waals surface area contributed by atoms with Crippen molar-refractivity contribution < 1.29 is 9.53 Å². The van der Waals surface area contributed by atoms with Gasteiger partial charge in [-0.15, -0.1) is 0 Å². The number of carbonyl (C=O) groups is 1. The van der Waals surface area contributed by atoms with Crippen LogP contribution in [0.1, 0.15) is 31.1 Å². The van der Waals surface area contributed by atoms with Crippen molar-refractivity contribution in [1.29, 1.82) is 0 Å². The van der Waals surface area contributed by atoms with E-state index in [1.807, 2.05) is 12.1 Å². The lowest BCUT2D eigenvalue weighted by Gasteiger charge is -2.26. The molecule has 0 spiro atoms. The van der Waals surface area contributed by atoms with Crippen LogP contribution in [0.2, 0.25) is 0 Å². The number of aldehydes is 1. The molecule has 1 aliphatic heterocycles. The minimum atomic E-state index is -0.255. The summed E-state index contributed by atoms with van der Waals surface area (Å²) in [7, 11) is 0. The van der Waals surface area contributed by atoms with Crippen LogP contribution in [0.25, 0.3) is 0 Å². The molecule has 0 saturated carbocycles. The highest BCUT2D eigenvalue weighted by molar-refractivity contribution is 9.10. The monoisotopic (exact) mass is 269 g/mol. The summed E-state index contributed by atoms with van der Waals surface area (Å²) in [6.07, 6.45) is 5.14. The van der Waals surface area contributed by atoms with E-state index in [-0.39, 0.29) is 12.2 Å². The zero-order chi connectivity index (χ0) is 10.7. The van der Waals surface area contributed by atoms with Gasteiger partial charge in [-0.05, 0) is 47.3 Å². The lowest BCUT2D eigenvalue weighted by Crippen LogP contribution is -2.23. The summed E-state index contributed by atoms with van der Waals surface area (Å²) in [6.45, 7) is 0. The molecule has 4 heteroatoms. The SMILES string of the molecule is O=CC1CCCC(c2ccc(Br)cn2)O1. The fraction of sp³-hybridized carbons (Fsp3) is 0.455. The van der Waals surface area contributed by atoms with Crippen molar-refractivity contribution in [3.8, 4) is 0 Å². The highest BCUT2D eigenvalue weighted by atomic mass is 79.9. The summed E-state index contributed by atoms with van der Waals surface area (Å²) >= 11 is 3.34. The predicted molar refractivity (Wildman–Crippen MR) is 59.5 cm³/mol. The van der Waals surface area contributed by atoms with Crippen molar-refractivity contribution >= 4 is 22.2 Å². The van der Waals surface area contributed by atoms with Crippen molar-refractivity contribution in [2.24, 2.45) is 0 Å². The standard InChI is InChI=1S/C11H12BrNO2/c12-8-4-5-10(13-6-8)11-3-1-2-9(7-14)15-11/h4-7,9,11H,1-3H2. The number of pyridine rings is 1. The molecular weight excluding hydrogens is 258 g/mol. The number of halogens is 1. The van der Waals surface area contributed by atoms with Gasteiger partial charge in [0, 0.05) is 10.7 Å². The molecule has 80 valence electrons. The van der Waals surface area contributed by atoms with Gasteiger partial charge in [-0.25, -0.2) is 0 Å². The zero-order valence-corrected chi connectivity index (χ0v) is 9.81. The van der Waals surface area contributed by atoms with E-state index < -0.39 is 0 Å². The molecule has 1 aromatic rings. The molecule has 0 aromatic carbocycles. The highest BCUT2D eigenvalue weighted by Crippen LogP contribution is 2.29. The molecule has 0 radical (unpaired) electrons. The summed E-state index contributed by atoms with van der Waals surface area (Å²) in [4.78, 5) is 14.9. The third-order valence-electron chi connectivity index (χ3n) is 2.53. The van der Waals surface area contributed by atoms with Crippen LogP contribution in [0, 0.1) is 0 Å². The summed E-state index contributed by atoms with van der Waals surface area (Å²) in [5, 5.41) is 0. The van der Waals surface area contributed by atoms with Gasteiger partial charge in [0.25, 0.3) is 0 Å². The van der Waals surface area contributed by atoms with Crippen LogP contribution in [-0.4, -0.2) is 17.4 Å². The van der Waals surface area contributed by atoms with Crippen molar-refractivity contribution in [1.82, 2.24) is 4.98 Å². The van der Waals surface area contributed by atoms with E-state index in [1.165, 1.54) is 0 Å². The fourth-order valence-corrected chi connectivity index (χ4v) is 1.98. The molecule has 0 amide bonds. The van der Waals surface area contributed by atoms with Gasteiger partial charge in [0.1, 0.15) is 18.5 Å². The van der Waals surface area contributed by atoms with Crippen molar-refractivity contribution in [3.63, 3.8) is 0 Å². The number of ether oxygens (including phenoxy) is 1. The van der Waals surface area contributed by atoms with Gasteiger partial charge in [0.15, 0.2) is 0 Å². The normalized spacial score (nSPS) is 26.2. The molecule has 1 saturated heterocycles. The van der Waals surface area contributed by atoms with Crippen LogP contribution < -0.4 is 0 Å². The van der Waals surface area contributed by atoms with Gasteiger partial charge >= 0.3 is 0 Å². The lowest BCUT2D eigenvalue weighted by molar-refractivity contribution is -0.127. The lowest BCUT2D eigenvalue weighted by atomic mass is 10.0. The van der Waals surface area contributed by atoms with Gasteiger partial charge in [0.05, 0.1) is 5.69 Å². The molecule has 0 bridgehead atoms. The van der Waals surface area contributed by atoms with E-state index in [0.717, 1.165) is 35.7 Å². The number of carbonyl (C=O) groups excluding carboxylic acids is 1. The molecule has 1 aliphatic rings. The van der Waals surface area contributed by atoms with E-state index in [2.05, 4.69) is 20.9 Å². The van der Waals surface area contributed by atoms with E-state index in [4.69, 9.17) is 4.74 Å². The number of hydrogen-bond donors (Lipinski definition) is 0. The third kappa shape index (κ3) is 2.63. The van der Waals surface area contributed by atoms with Crippen LogP contribution in [0.3, 0.4) is 0 Å². The quantitative estimate of drug-likeness (QED) is 0.775. The molecule has 2 unspecified atom stereocenters. The van der Waals surface area contributed by atoms with E-state index in [0.29, 0.717) is 0 Å². The smallest absolute Gasteiger partial charge is 0.148 e.